The minimum atomic E-state index is 0.367. The van der Waals surface area contributed by atoms with Crippen LogP contribution in [0.2, 0.25) is 5.02 Å². The summed E-state index contributed by atoms with van der Waals surface area (Å²) in [6.45, 7) is 5.37. The lowest BCUT2D eigenvalue weighted by atomic mass is 10.0. The molecule has 0 aliphatic rings. The Hall–Kier alpha value is -0.600. The molecule has 1 aromatic heterocycles. The molecule has 0 saturated heterocycles. The third-order valence-corrected chi connectivity index (χ3v) is 3.79. The quantitative estimate of drug-likeness (QED) is 0.601. The van der Waals surface area contributed by atoms with Gasteiger partial charge in [0, 0.05) is 18.4 Å². The van der Waals surface area contributed by atoms with Gasteiger partial charge >= 0.3 is 0 Å². The average molecular weight is 283 g/mol. The second-order valence-corrected chi connectivity index (χ2v) is 5.47. The Kier molecular flexibility index (Phi) is 8.85. The van der Waals surface area contributed by atoms with Gasteiger partial charge in [-0.05, 0) is 24.6 Å². The molecule has 1 rings (SSSR count). The van der Waals surface area contributed by atoms with E-state index in [1.807, 2.05) is 12.3 Å². The highest BCUT2D eigenvalue weighted by Crippen LogP contribution is 2.26. The van der Waals surface area contributed by atoms with Crippen molar-refractivity contribution in [2.75, 3.05) is 6.54 Å². The van der Waals surface area contributed by atoms with E-state index in [0.29, 0.717) is 6.04 Å². The van der Waals surface area contributed by atoms with Crippen LogP contribution >= 0.6 is 11.6 Å². The molecule has 1 heterocycles. The van der Waals surface area contributed by atoms with Crippen LogP contribution < -0.4 is 5.32 Å². The number of hydrogen-bond acceptors (Lipinski definition) is 2. The van der Waals surface area contributed by atoms with E-state index in [9.17, 15) is 0 Å². The third kappa shape index (κ3) is 6.40. The number of nitrogens with zero attached hydrogens (tertiary/aromatic N) is 1. The fraction of sp³-hybridized carbons (Fsp3) is 0.688. The van der Waals surface area contributed by atoms with E-state index in [0.717, 1.165) is 18.0 Å². The van der Waals surface area contributed by atoms with Crippen molar-refractivity contribution in [3.63, 3.8) is 0 Å². The SMILES string of the molecule is CCCCCCCCC(NCC)c1ccncc1Cl. The van der Waals surface area contributed by atoms with Gasteiger partial charge in [0.25, 0.3) is 0 Å². The lowest BCUT2D eigenvalue weighted by molar-refractivity contribution is 0.477. The zero-order chi connectivity index (χ0) is 13.9. The number of pyridine rings is 1. The molecule has 3 heteroatoms. The summed E-state index contributed by atoms with van der Waals surface area (Å²) in [5, 5.41) is 4.31. The van der Waals surface area contributed by atoms with Gasteiger partial charge in [0.15, 0.2) is 0 Å². The van der Waals surface area contributed by atoms with Crippen molar-refractivity contribution in [2.45, 2.75) is 64.8 Å². The smallest absolute Gasteiger partial charge is 0.0637 e. The summed E-state index contributed by atoms with van der Waals surface area (Å²) in [6.07, 6.45) is 12.7. The maximum absolute atomic E-state index is 6.23. The molecule has 0 saturated carbocycles. The molecule has 0 amide bonds. The monoisotopic (exact) mass is 282 g/mol. The van der Waals surface area contributed by atoms with Crippen molar-refractivity contribution in [2.24, 2.45) is 0 Å². The molecular weight excluding hydrogens is 256 g/mol. The lowest BCUT2D eigenvalue weighted by Gasteiger charge is -2.19. The van der Waals surface area contributed by atoms with Gasteiger partial charge in [0.2, 0.25) is 0 Å². The van der Waals surface area contributed by atoms with E-state index >= 15 is 0 Å². The second kappa shape index (κ2) is 10.2. The minimum Gasteiger partial charge on any atom is -0.310 e. The maximum Gasteiger partial charge on any atom is 0.0637 e. The van der Waals surface area contributed by atoms with Crippen LogP contribution in [0.5, 0.6) is 0 Å². The first kappa shape index (κ1) is 16.5. The zero-order valence-corrected chi connectivity index (χ0v) is 13.0. The third-order valence-electron chi connectivity index (χ3n) is 3.48. The molecule has 0 radical (unpaired) electrons. The van der Waals surface area contributed by atoms with Gasteiger partial charge in [0.1, 0.15) is 0 Å². The van der Waals surface area contributed by atoms with Crippen LogP contribution in [0.3, 0.4) is 0 Å². The largest absolute Gasteiger partial charge is 0.310 e. The predicted molar refractivity (Wildman–Crippen MR) is 83.7 cm³/mol. The molecule has 1 aromatic rings. The molecule has 0 aliphatic carbocycles. The fourth-order valence-electron chi connectivity index (χ4n) is 2.41. The highest BCUT2D eigenvalue weighted by Gasteiger charge is 2.12. The number of unbranched alkanes of at least 4 members (excludes halogenated alkanes) is 5. The first-order valence-electron chi connectivity index (χ1n) is 7.62. The molecule has 0 bridgehead atoms. The molecule has 108 valence electrons. The van der Waals surface area contributed by atoms with Crippen molar-refractivity contribution < 1.29 is 0 Å². The van der Waals surface area contributed by atoms with Crippen LogP contribution in [0.15, 0.2) is 18.5 Å². The normalized spacial score (nSPS) is 12.6. The first-order chi connectivity index (χ1) is 9.29. The topological polar surface area (TPSA) is 24.9 Å². The first-order valence-corrected chi connectivity index (χ1v) is 8.00. The Bertz CT molecular complexity index is 341. The molecule has 0 spiro atoms. The van der Waals surface area contributed by atoms with Crippen LogP contribution in [0.4, 0.5) is 0 Å². The van der Waals surface area contributed by atoms with Gasteiger partial charge in [-0.15, -0.1) is 0 Å². The van der Waals surface area contributed by atoms with E-state index in [1.54, 1.807) is 6.20 Å². The van der Waals surface area contributed by atoms with E-state index in [4.69, 9.17) is 11.6 Å². The van der Waals surface area contributed by atoms with Gasteiger partial charge in [0.05, 0.1) is 5.02 Å². The Balaban J connectivity index is 2.39. The summed E-state index contributed by atoms with van der Waals surface area (Å²) in [4.78, 5) is 4.06. The molecule has 19 heavy (non-hydrogen) atoms. The molecule has 0 fully saturated rings. The van der Waals surface area contributed by atoms with Gasteiger partial charge in [-0.2, -0.15) is 0 Å². The molecule has 2 nitrogen and oxygen atoms in total. The second-order valence-electron chi connectivity index (χ2n) is 5.06. The summed E-state index contributed by atoms with van der Waals surface area (Å²) in [5.74, 6) is 0. The van der Waals surface area contributed by atoms with Crippen molar-refractivity contribution >= 4 is 11.6 Å². The van der Waals surface area contributed by atoms with Crippen LogP contribution in [-0.2, 0) is 0 Å². The van der Waals surface area contributed by atoms with Gasteiger partial charge in [-0.3, -0.25) is 4.98 Å². The summed E-state index contributed by atoms with van der Waals surface area (Å²) in [5.41, 5.74) is 1.19. The van der Waals surface area contributed by atoms with E-state index in [2.05, 4.69) is 24.1 Å². The van der Waals surface area contributed by atoms with Crippen molar-refractivity contribution in [1.29, 1.82) is 0 Å². The highest BCUT2D eigenvalue weighted by atomic mass is 35.5. The molecule has 0 aliphatic heterocycles. The van der Waals surface area contributed by atoms with Gasteiger partial charge < -0.3 is 5.32 Å². The fourth-order valence-corrected chi connectivity index (χ4v) is 2.66. The van der Waals surface area contributed by atoms with Crippen molar-refractivity contribution in [3.8, 4) is 0 Å². The molecule has 1 unspecified atom stereocenters. The lowest BCUT2D eigenvalue weighted by Crippen LogP contribution is -2.21. The summed E-state index contributed by atoms with van der Waals surface area (Å²) >= 11 is 6.23. The number of aromatic nitrogens is 1. The summed E-state index contributed by atoms with van der Waals surface area (Å²) in [7, 11) is 0. The molecular formula is C16H27ClN2. The van der Waals surface area contributed by atoms with Crippen molar-refractivity contribution in [1.82, 2.24) is 10.3 Å². The van der Waals surface area contributed by atoms with Gasteiger partial charge in [-0.25, -0.2) is 0 Å². The summed E-state index contributed by atoms with van der Waals surface area (Å²) in [6, 6.07) is 2.40. The summed E-state index contributed by atoms with van der Waals surface area (Å²) < 4.78 is 0. The van der Waals surface area contributed by atoms with Crippen LogP contribution in [0.1, 0.15) is 70.4 Å². The van der Waals surface area contributed by atoms with Crippen LogP contribution in [0.25, 0.3) is 0 Å². The Morgan fingerprint density at radius 1 is 1.16 bits per heavy atom. The predicted octanol–water partition coefficient (Wildman–Crippen LogP) is 5.14. The number of halogens is 1. The molecule has 0 aromatic carbocycles. The number of hydrogen-bond donors (Lipinski definition) is 1. The van der Waals surface area contributed by atoms with E-state index < -0.39 is 0 Å². The van der Waals surface area contributed by atoms with Crippen LogP contribution in [0, 0.1) is 0 Å². The van der Waals surface area contributed by atoms with E-state index in [-0.39, 0.29) is 0 Å². The average Bonchev–Trinajstić information content (AvgIpc) is 2.42. The van der Waals surface area contributed by atoms with E-state index in [1.165, 1.54) is 44.1 Å². The Morgan fingerprint density at radius 2 is 1.89 bits per heavy atom. The number of rotatable bonds is 10. The highest BCUT2D eigenvalue weighted by molar-refractivity contribution is 6.31. The standard InChI is InChI=1S/C16H27ClN2/c1-3-5-6-7-8-9-10-16(19-4-2)14-11-12-18-13-15(14)17/h11-13,16,19H,3-10H2,1-2H3. The maximum atomic E-state index is 6.23. The molecule has 1 atom stereocenters. The van der Waals surface area contributed by atoms with Gasteiger partial charge in [-0.1, -0.05) is 64.0 Å². The minimum absolute atomic E-state index is 0.367. The van der Waals surface area contributed by atoms with Crippen LogP contribution in [-0.4, -0.2) is 11.5 Å². The van der Waals surface area contributed by atoms with Crippen molar-refractivity contribution in [3.05, 3.63) is 29.0 Å². The Labute approximate surface area is 123 Å². The Morgan fingerprint density at radius 3 is 2.58 bits per heavy atom. The number of nitrogens with one attached hydrogen (secondary N) is 1. The molecule has 1 N–H and O–H groups in total. The zero-order valence-electron chi connectivity index (χ0n) is 12.3.